The van der Waals surface area contributed by atoms with Gasteiger partial charge in [-0.3, -0.25) is 24.0 Å². The molecular formula is C15H25N5O9. The fourth-order valence-corrected chi connectivity index (χ4v) is 1.96. The number of primary amides is 1. The van der Waals surface area contributed by atoms with Gasteiger partial charge in [-0.2, -0.15) is 0 Å². The van der Waals surface area contributed by atoms with E-state index in [0.29, 0.717) is 0 Å². The Morgan fingerprint density at radius 1 is 0.966 bits per heavy atom. The van der Waals surface area contributed by atoms with E-state index in [4.69, 9.17) is 21.7 Å². The molecule has 14 heteroatoms. The lowest BCUT2D eigenvalue weighted by Crippen LogP contribution is -2.56. The summed E-state index contributed by atoms with van der Waals surface area (Å²) >= 11 is 0. The van der Waals surface area contributed by atoms with Gasteiger partial charge in [-0.25, -0.2) is 4.79 Å². The van der Waals surface area contributed by atoms with Crippen molar-refractivity contribution in [2.45, 2.75) is 50.4 Å². The SMILES string of the molecule is CC(O)C(N)C(=O)NC(CC(N)=O)C(=O)NCC(=O)NC(CCC(=O)O)C(=O)O. The number of aliphatic hydroxyl groups is 1. The number of aliphatic carboxylic acids is 2. The predicted molar refractivity (Wildman–Crippen MR) is 94.8 cm³/mol. The molecule has 0 aromatic rings. The molecule has 10 N–H and O–H groups in total. The summed E-state index contributed by atoms with van der Waals surface area (Å²) in [4.78, 5) is 68.4. The molecule has 4 amide bonds. The largest absolute Gasteiger partial charge is 0.481 e. The Bertz CT molecular complexity index is 652. The smallest absolute Gasteiger partial charge is 0.326 e. The zero-order valence-corrected chi connectivity index (χ0v) is 15.6. The molecule has 0 heterocycles. The van der Waals surface area contributed by atoms with Crippen LogP contribution in [-0.2, 0) is 28.8 Å². The number of carboxylic acid groups (broad SMARTS) is 2. The van der Waals surface area contributed by atoms with Gasteiger partial charge in [0.15, 0.2) is 0 Å². The Hall–Kier alpha value is -3.26. The maximum Gasteiger partial charge on any atom is 0.326 e. The summed E-state index contributed by atoms with van der Waals surface area (Å²) in [6.07, 6.45) is -2.74. The minimum Gasteiger partial charge on any atom is -0.481 e. The van der Waals surface area contributed by atoms with Gasteiger partial charge >= 0.3 is 11.9 Å². The first kappa shape index (κ1) is 25.7. The molecule has 0 rings (SSSR count). The zero-order valence-electron chi connectivity index (χ0n) is 15.6. The second-order valence-electron chi connectivity index (χ2n) is 6.11. The fourth-order valence-electron chi connectivity index (χ4n) is 1.96. The Morgan fingerprint density at radius 3 is 2.00 bits per heavy atom. The van der Waals surface area contributed by atoms with Crippen molar-refractivity contribution in [3.8, 4) is 0 Å². The molecule has 0 saturated carbocycles. The van der Waals surface area contributed by atoms with Crippen molar-refractivity contribution >= 4 is 35.6 Å². The summed E-state index contributed by atoms with van der Waals surface area (Å²) in [5.41, 5.74) is 10.4. The summed E-state index contributed by atoms with van der Waals surface area (Å²) in [5.74, 6) is -6.52. The van der Waals surface area contributed by atoms with Crippen molar-refractivity contribution in [1.29, 1.82) is 0 Å². The van der Waals surface area contributed by atoms with E-state index in [-0.39, 0.29) is 6.42 Å². The van der Waals surface area contributed by atoms with Gasteiger partial charge in [-0.1, -0.05) is 0 Å². The highest BCUT2D eigenvalue weighted by Crippen LogP contribution is 1.99. The monoisotopic (exact) mass is 419 g/mol. The van der Waals surface area contributed by atoms with Crippen LogP contribution < -0.4 is 27.4 Å². The summed E-state index contributed by atoms with van der Waals surface area (Å²) in [6, 6.07) is -4.35. The molecule has 0 saturated heterocycles. The van der Waals surface area contributed by atoms with E-state index in [0.717, 1.165) is 0 Å². The summed E-state index contributed by atoms with van der Waals surface area (Å²) in [7, 11) is 0. The van der Waals surface area contributed by atoms with Crippen LogP contribution in [0.25, 0.3) is 0 Å². The molecule has 29 heavy (non-hydrogen) atoms. The number of nitrogens with one attached hydrogen (secondary N) is 3. The van der Waals surface area contributed by atoms with Crippen LogP contribution in [-0.4, -0.2) is 81.7 Å². The second-order valence-corrected chi connectivity index (χ2v) is 6.11. The highest BCUT2D eigenvalue weighted by molar-refractivity contribution is 5.95. The van der Waals surface area contributed by atoms with Crippen LogP contribution in [0.3, 0.4) is 0 Å². The number of aliphatic hydroxyl groups excluding tert-OH is 1. The van der Waals surface area contributed by atoms with Crippen molar-refractivity contribution in [1.82, 2.24) is 16.0 Å². The van der Waals surface area contributed by atoms with Gasteiger partial charge in [0.05, 0.1) is 19.1 Å². The Balaban J connectivity index is 4.85. The maximum atomic E-state index is 12.1. The normalized spacial score (nSPS) is 14.6. The topological polar surface area (TPSA) is 251 Å². The van der Waals surface area contributed by atoms with Crippen molar-refractivity contribution in [3.63, 3.8) is 0 Å². The van der Waals surface area contributed by atoms with Crippen molar-refractivity contribution in [2.75, 3.05) is 6.54 Å². The molecule has 14 nitrogen and oxygen atoms in total. The number of hydrogen-bond acceptors (Lipinski definition) is 8. The van der Waals surface area contributed by atoms with Gasteiger partial charge in [0.25, 0.3) is 0 Å². The van der Waals surface area contributed by atoms with Gasteiger partial charge in [-0.15, -0.1) is 0 Å². The third kappa shape index (κ3) is 10.6. The van der Waals surface area contributed by atoms with Gasteiger partial charge in [-0.05, 0) is 13.3 Å². The van der Waals surface area contributed by atoms with E-state index in [1.807, 2.05) is 5.32 Å². The molecule has 0 aromatic heterocycles. The Morgan fingerprint density at radius 2 is 1.55 bits per heavy atom. The molecule has 0 aliphatic heterocycles. The molecule has 4 unspecified atom stereocenters. The summed E-state index contributed by atoms with van der Waals surface area (Å²) in [5, 5.41) is 33.1. The Labute approximate surface area is 165 Å². The summed E-state index contributed by atoms with van der Waals surface area (Å²) < 4.78 is 0. The van der Waals surface area contributed by atoms with Crippen LogP contribution in [0.15, 0.2) is 0 Å². The van der Waals surface area contributed by atoms with E-state index in [2.05, 4.69) is 10.6 Å². The van der Waals surface area contributed by atoms with Crippen LogP contribution in [0.1, 0.15) is 26.2 Å². The summed E-state index contributed by atoms with van der Waals surface area (Å²) in [6.45, 7) is 0.518. The third-order valence-corrected chi connectivity index (χ3v) is 3.56. The molecule has 164 valence electrons. The molecule has 0 radical (unpaired) electrons. The van der Waals surface area contributed by atoms with Gasteiger partial charge in [0.1, 0.15) is 18.1 Å². The van der Waals surface area contributed by atoms with Gasteiger partial charge in [0, 0.05) is 6.42 Å². The third-order valence-electron chi connectivity index (χ3n) is 3.56. The highest BCUT2D eigenvalue weighted by Gasteiger charge is 2.28. The van der Waals surface area contributed by atoms with Crippen molar-refractivity contribution in [2.24, 2.45) is 11.5 Å². The van der Waals surface area contributed by atoms with Crippen LogP contribution in [0.5, 0.6) is 0 Å². The Kier molecular flexibility index (Phi) is 10.9. The molecule has 0 fully saturated rings. The van der Waals surface area contributed by atoms with E-state index in [9.17, 15) is 33.9 Å². The second kappa shape index (κ2) is 12.2. The van der Waals surface area contributed by atoms with E-state index in [1.165, 1.54) is 6.92 Å². The van der Waals surface area contributed by atoms with E-state index in [1.54, 1.807) is 0 Å². The number of carbonyl (C=O) groups excluding carboxylic acids is 4. The number of rotatable bonds is 13. The van der Waals surface area contributed by atoms with Crippen LogP contribution in [0, 0.1) is 0 Å². The molecule has 0 bridgehead atoms. The first-order valence-electron chi connectivity index (χ1n) is 8.39. The lowest BCUT2D eigenvalue weighted by atomic mass is 10.1. The molecule has 0 spiro atoms. The van der Waals surface area contributed by atoms with Crippen LogP contribution in [0.2, 0.25) is 0 Å². The predicted octanol–water partition coefficient (Wildman–Crippen LogP) is -4.39. The number of nitrogens with two attached hydrogens (primary N) is 2. The van der Waals surface area contributed by atoms with Crippen molar-refractivity contribution < 1.29 is 44.1 Å². The number of carbonyl (C=O) groups is 6. The minimum atomic E-state index is -1.49. The average Bonchev–Trinajstić information content (AvgIpc) is 2.60. The van der Waals surface area contributed by atoms with E-state index >= 15 is 0 Å². The van der Waals surface area contributed by atoms with Gasteiger partial charge < -0.3 is 42.7 Å². The molecular weight excluding hydrogens is 394 g/mol. The lowest BCUT2D eigenvalue weighted by molar-refractivity contribution is -0.143. The first-order valence-corrected chi connectivity index (χ1v) is 8.39. The minimum absolute atomic E-state index is 0.373. The van der Waals surface area contributed by atoms with E-state index < -0.39 is 79.2 Å². The standard InChI is InChI=1S/C15H25N5O9/c1-6(21)12(17)14(27)20-8(4-9(16)22)13(26)18-5-10(23)19-7(15(28)29)2-3-11(24)25/h6-8,12,21H,2-5,17H2,1H3,(H2,16,22)(H,18,26)(H,19,23)(H,20,27)(H,24,25)(H,28,29). The van der Waals surface area contributed by atoms with Crippen molar-refractivity contribution in [3.05, 3.63) is 0 Å². The molecule has 0 aliphatic carbocycles. The molecule has 4 atom stereocenters. The zero-order chi connectivity index (χ0) is 22.7. The average molecular weight is 419 g/mol. The fraction of sp³-hybridized carbons (Fsp3) is 0.600. The van der Waals surface area contributed by atoms with Crippen LogP contribution in [0.4, 0.5) is 0 Å². The number of carboxylic acids is 2. The molecule has 0 aromatic carbocycles. The number of amides is 4. The number of hydrogen-bond donors (Lipinski definition) is 8. The van der Waals surface area contributed by atoms with Crippen LogP contribution >= 0.6 is 0 Å². The highest BCUT2D eigenvalue weighted by atomic mass is 16.4. The molecule has 0 aliphatic rings. The first-order chi connectivity index (χ1) is 13.3. The lowest BCUT2D eigenvalue weighted by Gasteiger charge is -2.21. The quantitative estimate of drug-likeness (QED) is 0.142. The van der Waals surface area contributed by atoms with Gasteiger partial charge in [0.2, 0.25) is 23.6 Å². The maximum absolute atomic E-state index is 12.1.